The fourth-order valence-corrected chi connectivity index (χ4v) is 4.70. The maximum absolute atomic E-state index is 5.28. The Bertz CT molecular complexity index is 1640. The first-order valence-corrected chi connectivity index (χ1v) is 12.0. The average Bonchev–Trinajstić information content (AvgIpc) is 3.44. The molecule has 0 fully saturated rings. The molecule has 0 aliphatic carbocycles. The maximum atomic E-state index is 5.28. The van der Waals surface area contributed by atoms with Crippen molar-refractivity contribution in [3.63, 3.8) is 0 Å². The molecule has 6 aromatic rings. The van der Waals surface area contributed by atoms with E-state index in [0.717, 1.165) is 39.7 Å². The number of fused-ring (bicyclic) bond motifs is 1. The van der Waals surface area contributed by atoms with Gasteiger partial charge in [-0.1, -0.05) is 96.6 Å². The summed E-state index contributed by atoms with van der Waals surface area (Å²) in [5.41, 5.74) is 11.5. The van der Waals surface area contributed by atoms with E-state index in [1.54, 1.807) is 0 Å². The number of imidazole rings is 2. The molecule has 0 saturated carbocycles. The first-order valence-electron chi connectivity index (χ1n) is 12.0. The summed E-state index contributed by atoms with van der Waals surface area (Å²) in [5.74, 6) is 0.904. The maximum Gasteiger partial charge on any atom is 0.220 e. The minimum Gasteiger partial charge on any atom is -0.282 e. The van der Waals surface area contributed by atoms with Gasteiger partial charge in [0.1, 0.15) is 0 Å². The van der Waals surface area contributed by atoms with E-state index in [2.05, 4.69) is 133 Å². The van der Waals surface area contributed by atoms with Gasteiger partial charge in [0.15, 0.2) is 0 Å². The van der Waals surface area contributed by atoms with Gasteiger partial charge in [0.05, 0.1) is 17.1 Å². The van der Waals surface area contributed by atoms with Crippen molar-refractivity contribution in [2.45, 2.75) is 20.8 Å². The fourth-order valence-electron chi connectivity index (χ4n) is 4.70. The third kappa shape index (κ3) is 3.66. The number of rotatable bonds is 4. The van der Waals surface area contributed by atoms with Crippen LogP contribution in [0.4, 0.5) is 0 Å². The summed E-state index contributed by atoms with van der Waals surface area (Å²) in [6, 6.07) is 36.4. The molecule has 0 atom stereocenters. The summed E-state index contributed by atoms with van der Waals surface area (Å²) in [4.78, 5) is 5.28. The van der Waals surface area contributed by atoms with Crippen LogP contribution in [-0.2, 0) is 0 Å². The van der Waals surface area contributed by atoms with E-state index in [-0.39, 0.29) is 0 Å². The van der Waals surface area contributed by atoms with Crippen molar-refractivity contribution in [2.75, 3.05) is 0 Å². The molecule has 0 radical (unpaired) electrons. The van der Waals surface area contributed by atoms with E-state index in [9.17, 15) is 0 Å². The number of benzene rings is 4. The van der Waals surface area contributed by atoms with Gasteiger partial charge in [-0.2, -0.15) is 0 Å². The Morgan fingerprint density at radius 2 is 1.26 bits per heavy atom. The Morgan fingerprint density at radius 1 is 0.600 bits per heavy atom. The molecule has 3 heteroatoms. The Kier molecular flexibility index (Phi) is 5.11. The topological polar surface area (TPSA) is 22.2 Å². The zero-order valence-electron chi connectivity index (χ0n) is 20.2. The smallest absolute Gasteiger partial charge is 0.220 e. The summed E-state index contributed by atoms with van der Waals surface area (Å²) in [7, 11) is 0. The first-order chi connectivity index (χ1) is 17.1. The lowest BCUT2D eigenvalue weighted by Gasteiger charge is -2.11. The van der Waals surface area contributed by atoms with Crippen LogP contribution in [-0.4, -0.2) is 14.0 Å². The summed E-state index contributed by atoms with van der Waals surface area (Å²) >= 11 is 0. The quantitative estimate of drug-likeness (QED) is 0.265. The molecule has 170 valence electrons. The minimum absolute atomic E-state index is 0.904. The second-order valence-corrected chi connectivity index (χ2v) is 9.20. The average molecular weight is 454 g/mol. The monoisotopic (exact) mass is 453 g/mol. The van der Waals surface area contributed by atoms with Crippen LogP contribution in [0.2, 0.25) is 0 Å². The first kappa shape index (κ1) is 21.2. The van der Waals surface area contributed by atoms with E-state index >= 15 is 0 Å². The van der Waals surface area contributed by atoms with Crippen LogP contribution in [0.25, 0.3) is 45.2 Å². The number of aryl methyl sites for hydroxylation is 3. The summed E-state index contributed by atoms with van der Waals surface area (Å²) in [5, 5.41) is 0. The number of hydrogen-bond acceptors (Lipinski definition) is 1. The Morgan fingerprint density at radius 3 is 1.91 bits per heavy atom. The van der Waals surface area contributed by atoms with Gasteiger partial charge >= 0.3 is 0 Å². The van der Waals surface area contributed by atoms with Crippen molar-refractivity contribution in [2.24, 2.45) is 0 Å². The standard InChI is InChI=1S/C32H27N3/c1-22-14-17-25(18-15-22)29-21-34-31(27-12-8-5-9-13-27)30(26-10-6-4-7-11-26)33-32(34)35(29)28-19-16-23(2)24(3)20-28/h4-21H,1-3H3. The van der Waals surface area contributed by atoms with Crippen molar-refractivity contribution in [1.29, 1.82) is 0 Å². The molecular weight excluding hydrogens is 426 g/mol. The highest BCUT2D eigenvalue weighted by atomic mass is 15.2. The summed E-state index contributed by atoms with van der Waals surface area (Å²) in [6.45, 7) is 6.45. The van der Waals surface area contributed by atoms with E-state index in [0.29, 0.717) is 0 Å². The van der Waals surface area contributed by atoms with Crippen LogP contribution >= 0.6 is 0 Å². The van der Waals surface area contributed by atoms with Gasteiger partial charge in [0, 0.05) is 28.6 Å². The third-order valence-corrected chi connectivity index (χ3v) is 6.78. The van der Waals surface area contributed by atoms with E-state index < -0.39 is 0 Å². The number of aromatic nitrogens is 3. The van der Waals surface area contributed by atoms with Crippen molar-refractivity contribution < 1.29 is 0 Å². The normalized spacial score (nSPS) is 11.3. The lowest BCUT2D eigenvalue weighted by atomic mass is 10.0. The fraction of sp³-hybridized carbons (Fsp3) is 0.0938. The van der Waals surface area contributed by atoms with Crippen LogP contribution in [0.1, 0.15) is 16.7 Å². The zero-order valence-corrected chi connectivity index (χ0v) is 20.2. The molecule has 0 unspecified atom stereocenters. The van der Waals surface area contributed by atoms with Crippen LogP contribution in [0, 0.1) is 20.8 Å². The van der Waals surface area contributed by atoms with Gasteiger partial charge < -0.3 is 0 Å². The largest absolute Gasteiger partial charge is 0.282 e. The Hall–Kier alpha value is -4.37. The van der Waals surface area contributed by atoms with Crippen LogP contribution in [0.15, 0.2) is 109 Å². The molecule has 0 saturated heterocycles. The highest BCUT2D eigenvalue weighted by Crippen LogP contribution is 2.37. The molecule has 0 spiro atoms. The van der Waals surface area contributed by atoms with Gasteiger partial charge in [0.25, 0.3) is 0 Å². The molecule has 0 bridgehead atoms. The van der Waals surface area contributed by atoms with Gasteiger partial charge in [-0.15, -0.1) is 0 Å². The SMILES string of the molecule is Cc1ccc(-c2cn3c(-c4ccccc4)c(-c4ccccc4)nc3n2-c2ccc(C)c(C)c2)cc1. The molecule has 0 amide bonds. The molecule has 2 heterocycles. The molecule has 0 aliphatic rings. The Labute approximate surface area is 206 Å². The van der Waals surface area contributed by atoms with Gasteiger partial charge in [-0.25, -0.2) is 4.98 Å². The zero-order chi connectivity index (χ0) is 23.9. The van der Waals surface area contributed by atoms with Gasteiger partial charge in [-0.05, 0) is 44.0 Å². The van der Waals surface area contributed by atoms with E-state index in [1.807, 2.05) is 6.07 Å². The van der Waals surface area contributed by atoms with E-state index in [4.69, 9.17) is 4.98 Å². The predicted octanol–water partition coefficient (Wildman–Crippen LogP) is 8.05. The lowest BCUT2D eigenvalue weighted by molar-refractivity contribution is 1.07. The molecule has 35 heavy (non-hydrogen) atoms. The van der Waals surface area contributed by atoms with Gasteiger partial charge in [-0.3, -0.25) is 8.97 Å². The molecule has 4 aromatic carbocycles. The minimum atomic E-state index is 0.904. The van der Waals surface area contributed by atoms with E-state index in [1.165, 1.54) is 22.3 Å². The lowest BCUT2D eigenvalue weighted by Crippen LogP contribution is -1.99. The Balaban J connectivity index is 1.72. The molecule has 0 aliphatic heterocycles. The molecule has 0 N–H and O–H groups in total. The highest BCUT2D eigenvalue weighted by molar-refractivity contribution is 5.83. The van der Waals surface area contributed by atoms with Crippen molar-refractivity contribution in [1.82, 2.24) is 14.0 Å². The summed E-state index contributed by atoms with van der Waals surface area (Å²) < 4.78 is 4.54. The predicted molar refractivity (Wildman–Crippen MR) is 145 cm³/mol. The molecule has 3 nitrogen and oxygen atoms in total. The highest BCUT2D eigenvalue weighted by Gasteiger charge is 2.22. The van der Waals surface area contributed by atoms with Gasteiger partial charge in [0.2, 0.25) is 5.78 Å². The molecule has 6 rings (SSSR count). The van der Waals surface area contributed by atoms with Crippen molar-refractivity contribution in [3.05, 3.63) is 126 Å². The third-order valence-electron chi connectivity index (χ3n) is 6.78. The van der Waals surface area contributed by atoms with Crippen LogP contribution < -0.4 is 0 Å². The summed E-state index contributed by atoms with van der Waals surface area (Å²) in [6.07, 6.45) is 2.23. The number of hydrogen-bond donors (Lipinski definition) is 0. The molecular formula is C32H27N3. The van der Waals surface area contributed by atoms with Crippen molar-refractivity contribution >= 4 is 5.78 Å². The second kappa shape index (κ2) is 8.44. The van der Waals surface area contributed by atoms with Crippen molar-refractivity contribution in [3.8, 4) is 39.5 Å². The second-order valence-electron chi connectivity index (χ2n) is 9.20. The van der Waals surface area contributed by atoms with Crippen LogP contribution in [0.5, 0.6) is 0 Å². The number of nitrogens with zero attached hydrogens (tertiary/aromatic N) is 3. The van der Waals surface area contributed by atoms with Crippen LogP contribution in [0.3, 0.4) is 0 Å². The molecule has 2 aromatic heterocycles.